The van der Waals surface area contributed by atoms with Gasteiger partial charge >= 0.3 is 0 Å². The molecule has 0 aromatic heterocycles. The minimum Gasteiger partial charge on any atom is -0.284 e. The number of ketones is 1. The maximum atomic E-state index is 10.7. The molecule has 0 bridgehead atoms. The number of rotatable bonds is 1. The minimum atomic E-state index is -0.192. The SMILES string of the molecule is O=C(C#CC1=CCCCC1)CCl. The van der Waals surface area contributed by atoms with Gasteiger partial charge in [-0.1, -0.05) is 12.0 Å². The molecule has 0 aromatic carbocycles. The Morgan fingerprint density at radius 1 is 1.58 bits per heavy atom. The smallest absolute Gasteiger partial charge is 0.220 e. The van der Waals surface area contributed by atoms with E-state index in [1.807, 2.05) is 0 Å². The molecule has 0 amide bonds. The van der Waals surface area contributed by atoms with Crippen molar-refractivity contribution in [1.82, 2.24) is 0 Å². The first-order valence-electron chi connectivity index (χ1n) is 4.13. The molecule has 0 N–H and O–H groups in total. The Kier molecular flexibility index (Phi) is 3.90. The summed E-state index contributed by atoms with van der Waals surface area (Å²) in [6.45, 7) is 0. The molecule has 0 spiro atoms. The molecule has 0 atom stereocenters. The first-order chi connectivity index (χ1) is 5.83. The molecular weight excluding hydrogens is 172 g/mol. The van der Waals surface area contributed by atoms with Gasteiger partial charge < -0.3 is 0 Å². The van der Waals surface area contributed by atoms with Gasteiger partial charge in [-0.25, -0.2) is 0 Å². The van der Waals surface area contributed by atoms with E-state index < -0.39 is 0 Å². The zero-order chi connectivity index (χ0) is 8.81. The monoisotopic (exact) mass is 182 g/mol. The van der Waals surface area contributed by atoms with Crippen molar-refractivity contribution < 1.29 is 4.79 Å². The number of carbonyl (C=O) groups is 1. The Morgan fingerprint density at radius 2 is 2.42 bits per heavy atom. The summed E-state index contributed by atoms with van der Waals surface area (Å²) in [5.41, 5.74) is 1.10. The largest absolute Gasteiger partial charge is 0.284 e. The van der Waals surface area contributed by atoms with Gasteiger partial charge in [0.2, 0.25) is 5.78 Å². The molecule has 0 aromatic rings. The third-order valence-electron chi connectivity index (χ3n) is 1.77. The zero-order valence-corrected chi connectivity index (χ0v) is 7.66. The summed E-state index contributed by atoms with van der Waals surface area (Å²) in [7, 11) is 0. The van der Waals surface area contributed by atoms with E-state index in [1.54, 1.807) is 0 Å². The lowest BCUT2D eigenvalue weighted by Crippen LogP contribution is -1.94. The summed E-state index contributed by atoms with van der Waals surface area (Å²) >= 11 is 5.30. The van der Waals surface area contributed by atoms with Gasteiger partial charge in [-0.05, 0) is 37.2 Å². The quantitative estimate of drug-likeness (QED) is 0.346. The van der Waals surface area contributed by atoms with Crippen molar-refractivity contribution in [3.8, 4) is 11.8 Å². The van der Waals surface area contributed by atoms with E-state index in [0.717, 1.165) is 18.4 Å². The van der Waals surface area contributed by atoms with Gasteiger partial charge in [0, 0.05) is 0 Å². The molecule has 1 aliphatic carbocycles. The number of hydrogen-bond donors (Lipinski definition) is 0. The highest BCUT2D eigenvalue weighted by Crippen LogP contribution is 2.15. The molecule has 1 rings (SSSR count). The lowest BCUT2D eigenvalue weighted by atomic mass is 10.0. The highest BCUT2D eigenvalue weighted by Gasteiger charge is 2.00. The van der Waals surface area contributed by atoms with Gasteiger partial charge in [0.05, 0.1) is 5.88 Å². The van der Waals surface area contributed by atoms with Crippen LogP contribution < -0.4 is 0 Å². The Balaban J connectivity index is 2.52. The number of carbonyl (C=O) groups excluding carboxylic acids is 1. The lowest BCUT2D eigenvalue weighted by molar-refractivity contribution is -0.111. The molecule has 1 nitrogen and oxygen atoms in total. The van der Waals surface area contributed by atoms with Crippen LogP contribution in [0.5, 0.6) is 0 Å². The van der Waals surface area contributed by atoms with Crippen molar-refractivity contribution in [2.45, 2.75) is 25.7 Å². The van der Waals surface area contributed by atoms with E-state index >= 15 is 0 Å². The van der Waals surface area contributed by atoms with Crippen molar-refractivity contribution in [2.24, 2.45) is 0 Å². The highest BCUT2D eigenvalue weighted by atomic mass is 35.5. The summed E-state index contributed by atoms with van der Waals surface area (Å²) in [5.74, 6) is 5.17. The van der Waals surface area contributed by atoms with Crippen molar-refractivity contribution in [1.29, 1.82) is 0 Å². The topological polar surface area (TPSA) is 17.1 Å². The van der Waals surface area contributed by atoms with Crippen LogP contribution in [0.3, 0.4) is 0 Å². The second kappa shape index (κ2) is 5.00. The van der Waals surface area contributed by atoms with Gasteiger partial charge in [-0.2, -0.15) is 0 Å². The average Bonchev–Trinajstić information content (AvgIpc) is 2.16. The van der Waals surface area contributed by atoms with E-state index in [0.29, 0.717) is 0 Å². The maximum Gasteiger partial charge on any atom is 0.220 e. The van der Waals surface area contributed by atoms with E-state index in [1.165, 1.54) is 12.8 Å². The number of hydrogen-bond acceptors (Lipinski definition) is 1. The lowest BCUT2D eigenvalue weighted by Gasteiger charge is -2.05. The fraction of sp³-hybridized carbons (Fsp3) is 0.500. The van der Waals surface area contributed by atoms with Crippen molar-refractivity contribution in [2.75, 3.05) is 5.88 Å². The Morgan fingerprint density at radius 3 is 3.00 bits per heavy atom. The second-order valence-electron chi connectivity index (χ2n) is 2.78. The molecule has 64 valence electrons. The summed E-state index contributed by atoms with van der Waals surface area (Å²) < 4.78 is 0. The number of halogens is 1. The molecule has 0 heterocycles. The van der Waals surface area contributed by atoms with Crippen LogP contribution in [-0.4, -0.2) is 11.7 Å². The summed E-state index contributed by atoms with van der Waals surface area (Å²) in [5, 5.41) is 0. The fourth-order valence-corrected chi connectivity index (χ4v) is 1.20. The zero-order valence-electron chi connectivity index (χ0n) is 6.90. The third-order valence-corrected chi connectivity index (χ3v) is 2.02. The van der Waals surface area contributed by atoms with Crippen molar-refractivity contribution in [3.63, 3.8) is 0 Å². The van der Waals surface area contributed by atoms with Crippen molar-refractivity contribution >= 4 is 17.4 Å². The van der Waals surface area contributed by atoms with Gasteiger partial charge in [-0.15, -0.1) is 11.6 Å². The van der Waals surface area contributed by atoms with Crippen molar-refractivity contribution in [3.05, 3.63) is 11.6 Å². The second-order valence-corrected chi connectivity index (χ2v) is 3.05. The number of allylic oxidation sites excluding steroid dienone is 2. The van der Waals surface area contributed by atoms with Gasteiger partial charge in [-0.3, -0.25) is 4.79 Å². The number of alkyl halides is 1. The molecule has 1 aliphatic rings. The Labute approximate surface area is 77.8 Å². The van der Waals surface area contributed by atoms with Crippen LogP contribution in [0.15, 0.2) is 11.6 Å². The highest BCUT2D eigenvalue weighted by molar-refractivity contribution is 6.30. The van der Waals surface area contributed by atoms with Crippen LogP contribution in [0.2, 0.25) is 0 Å². The van der Waals surface area contributed by atoms with Gasteiger partial charge in [0.15, 0.2) is 0 Å². The molecular formula is C10H11ClO. The number of Topliss-reactive ketones (excluding diaryl/α,β-unsaturated/α-hetero) is 1. The van der Waals surface area contributed by atoms with Crippen LogP contribution in [0.25, 0.3) is 0 Å². The molecule has 0 radical (unpaired) electrons. The summed E-state index contributed by atoms with van der Waals surface area (Å²) in [6, 6.07) is 0. The standard InChI is InChI=1S/C10H11ClO/c11-8-10(12)7-6-9-4-2-1-3-5-9/h4H,1-3,5,8H2. The molecule has 0 saturated carbocycles. The van der Waals surface area contributed by atoms with Crippen LogP contribution in [-0.2, 0) is 4.79 Å². The van der Waals surface area contributed by atoms with Crippen LogP contribution >= 0.6 is 11.6 Å². The molecule has 12 heavy (non-hydrogen) atoms. The average molecular weight is 183 g/mol. The van der Waals surface area contributed by atoms with Gasteiger partial charge in [0.1, 0.15) is 0 Å². The van der Waals surface area contributed by atoms with Crippen LogP contribution in [0.1, 0.15) is 25.7 Å². The molecule has 0 aliphatic heterocycles. The predicted molar refractivity (Wildman–Crippen MR) is 50.1 cm³/mol. The van der Waals surface area contributed by atoms with Gasteiger partial charge in [0.25, 0.3) is 0 Å². The third kappa shape index (κ3) is 3.11. The van der Waals surface area contributed by atoms with E-state index in [-0.39, 0.29) is 11.7 Å². The summed E-state index contributed by atoms with van der Waals surface area (Å²) in [6.07, 6.45) is 6.66. The van der Waals surface area contributed by atoms with E-state index in [2.05, 4.69) is 17.9 Å². The van der Waals surface area contributed by atoms with Crippen LogP contribution in [0.4, 0.5) is 0 Å². The molecule has 0 fully saturated rings. The molecule has 2 heteroatoms. The molecule has 0 unspecified atom stereocenters. The normalized spacial score (nSPS) is 15.9. The first-order valence-corrected chi connectivity index (χ1v) is 4.66. The maximum absolute atomic E-state index is 10.7. The fourth-order valence-electron chi connectivity index (χ4n) is 1.14. The predicted octanol–water partition coefficient (Wildman–Crippen LogP) is 2.30. The molecule has 0 saturated heterocycles. The van der Waals surface area contributed by atoms with Crippen LogP contribution in [0, 0.1) is 11.8 Å². The van der Waals surface area contributed by atoms with E-state index in [9.17, 15) is 4.79 Å². The Hall–Kier alpha value is -0.740. The summed E-state index contributed by atoms with van der Waals surface area (Å²) in [4.78, 5) is 10.7. The van der Waals surface area contributed by atoms with E-state index in [4.69, 9.17) is 11.6 Å². The minimum absolute atomic E-state index is 0.000278. The first kappa shape index (κ1) is 9.35. The Bertz CT molecular complexity index is 255.